The smallest absolute Gasteiger partial charge is 0.191 e. The van der Waals surface area contributed by atoms with Crippen molar-refractivity contribution in [2.45, 2.75) is 13.1 Å². The van der Waals surface area contributed by atoms with Crippen LogP contribution in [0.4, 0.5) is 4.39 Å². The van der Waals surface area contributed by atoms with Gasteiger partial charge in [-0.15, -0.1) is 0 Å². The van der Waals surface area contributed by atoms with Crippen molar-refractivity contribution in [1.82, 2.24) is 20.2 Å². The Morgan fingerprint density at radius 3 is 2.31 bits per heavy atom. The lowest BCUT2D eigenvalue weighted by Gasteiger charge is -2.14. The number of halogens is 1. The lowest BCUT2D eigenvalue weighted by Crippen LogP contribution is -2.36. The topological polar surface area (TPSA) is 72.7 Å². The summed E-state index contributed by atoms with van der Waals surface area (Å²) in [6, 6.07) is 10.8. The SMILES string of the molecule is CN=C(NCc1ccc(-n2ccnc2)c(F)c1)NCc1ccc(OC)c(OC)c1. The van der Waals surface area contributed by atoms with Crippen LogP contribution < -0.4 is 20.1 Å². The van der Waals surface area contributed by atoms with Gasteiger partial charge in [0.05, 0.1) is 26.2 Å². The lowest BCUT2D eigenvalue weighted by molar-refractivity contribution is 0.354. The van der Waals surface area contributed by atoms with Gasteiger partial charge in [-0.3, -0.25) is 4.99 Å². The van der Waals surface area contributed by atoms with Crippen molar-refractivity contribution in [3.63, 3.8) is 0 Å². The van der Waals surface area contributed by atoms with Crippen molar-refractivity contribution in [2.75, 3.05) is 21.3 Å². The quantitative estimate of drug-likeness (QED) is 0.474. The zero-order valence-corrected chi connectivity index (χ0v) is 16.6. The molecule has 0 aliphatic heterocycles. The minimum absolute atomic E-state index is 0.310. The largest absolute Gasteiger partial charge is 0.493 e. The predicted octanol–water partition coefficient (Wildman–Crippen LogP) is 2.89. The second kappa shape index (κ2) is 9.59. The van der Waals surface area contributed by atoms with Gasteiger partial charge in [-0.2, -0.15) is 0 Å². The Kier molecular flexibility index (Phi) is 6.67. The van der Waals surface area contributed by atoms with Crippen molar-refractivity contribution in [1.29, 1.82) is 0 Å². The van der Waals surface area contributed by atoms with Gasteiger partial charge >= 0.3 is 0 Å². The van der Waals surface area contributed by atoms with E-state index < -0.39 is 0 Å². The summed E-state index contributed by atoms with van der Waals surface area (Å²) in [7, 11) is 4.89. The van der Waals surface area contributed by atoms with E-state index in [1.165, 1.54) is 6.07 Å². The molecule has 1 aromatic heterocycles. The number of aromatic nitrogens is 2. The van der Waals surface area contributed by atoms with Gasteiger partial charge in [0, 0.05) is 32.5 Å². The average molecular weight is 397 g/mol. The maximum atomic E-state index is 14.4. The molecule has 0 fully saturated rings. The predicted molar refractivity (Wildman–Crippen MR) is 110 cm³/mol. The van der Waals surface area contributed by atoms with Crippen LogP contribution in [-0.4, -0.2) is 36.8 Å². The summed E-state index contributed by atoms with van der Waals surface area (Å²) in [4.78, 5) is 8.15. The Bertz CT molecular complexity index is 973. The zero-order valence-electron chi connectivity index (χ0n) is 16.6. The van der Waals surface area contributed by atoms with E-state index in [-0.39, 0.29) is 5.82 Å². The first-order valence-corrected chi connectivity index (χ1v) is 9.06. The Balaban J connectivity index is 1.58. The number of nitrogens with zero attached hydrogens (tertiary/aromatic N) is 3. The standard InChI is InChI=1S/C21H24FN5O2/c1-23-21(26-13-16-5-7-19(28-2)20(11-16)29-3)25-12-15-4-6-18(17(22)10-15)27-9-8-24-14-27/h4-11,14H,12-13H2,1-3H3,(H2,23,25,26). The summed E-state index contributed by atoms with van der Waals surface area (Å²) >= 11 is 0. The number of rotatable bonds is 7. The van der Waals surface area contributed by atoms with Crippen molar-refractivity contribution in [2.24, 2.45) is 4.99 Å². The number of hydrogen-bond acceptors (Lipinski definition) is 4. The monoisotopic (exact) mass is 397 g/mol. The minimum atomic E-state index is -0.310. The third-order valence-electron chi connectivity index (χ3n) is 4.39. The molecule has 2 N–H and O–H groups in total. The maximum Gasteiger partial charge on any atom is 0.191 e. The molecule has 0 aliphatic rings. The molecule has 1 heterocycles. The fourth-order valence-electron chi connectivity index (χ4n) is 2.85. The number of methoxy groups -OCH3 is 2. The van der Waals surface area contributed by atoms with E-state index in [9.17, 15) is 4.39 Å². The van der Waals surface area contributed by atoms with Gasteiger partial charge in [-0.1, -0.05) is 12.1 Å². The van der Waals surface area contributed by atoms with Gasteiger partial charge in [-0.25, -0.2) is 9.37 Å². The third-order valence-corrected chi connectivity index (χ3v) is 4.39. The molecular weight excluding hydrogens is 373 g/mol. The highest BCUT2D eigenvalue weighted by Crippen LogP contribution is 2.27. The van der Waals surface area contributed by atoms with E-state index in [0.717, 1.165) is 11.1 Å². The molecular formula is C21H24FN5O2. The van der Waals surface area contributed by atoms with Crippen LogP contribution in [0.15, 0.2) is 60.1 Å². The minimum Gasteiger partial charge on any atom is -0.493 e. The van der Waals surface area contributed by atoms with Gasteiger partial charge in [0.2, 0.25) is 0 Å². The summed E-state index contributed by atoms with van der Waals surface area (Å²) in [5, 5.41) is 6.42. The van der Waals surface area contributed by atoms with E-state index >= 15 is 0 Å². The molecule has 0 saturated carbocycles. The van der Waals surface area contributed by atoms with Crippen molar-refractivity contribution in [3.8, 4) is 17.2 Å². The fraction of sp³-hybridized carbons (Fsp3) is 0.238. The molecule has 0 atom stereocenters. The molecule has 0 radical (unpaired) electrons. The van der Waals surface area contributed by atoms with Crippen LogP contribution >= 0.6 is 0 Å². The normalized spacial score (nSPS) is 11.2. The highest BCUT2D eigenvalue weighted by atomic mass is 19.1. The van der Waals surface area contributed by atoms with Crippen LogP contribution in [0, 0.1) is 5.82 Å². The van der Waals surface area contributed by atoms with Crippen LogP contribution in [0.25, 0.3) is 5.69 Å². The van der Waals surface area contributed by atoms with Crippen LogP contribution in [-0.2, 0) is 13.1 Å². The molecule has 0 saturated heterocycles. The molecule has 0 bridgehead atoms. The molecule has 29 heavy (non-hydrogen) atoms. The number of aliphatic imine (C=N–C) groups is 1. The van der Waals surface area contributed by atoms with Gasteiger partial charge in [0.15, 0.2) is 17.5 Å². The highest BCUT2D eigenvalue weighted by Gasteiger charge is 2.07. The molecule has 3 rings (SSSR count). The molecule has 3 aromatic rings. The second-order valence-corrected chi connectivity index (χ2v) is 6.22. The molecule has 0 unspecified atom stereocenters. The first kappa shape index (κ1) is 20.2. The van der Waals surface area contributed by atoms with Gasteiger partial charge < -0.3 is 24.7 Å². The van der Waals surface area contributed by atoms with Crippen LogP contribution in [0.2, 0.25) is 0 Å². The van der Waals surface area contributed by atoms with Crippen LogP contribution in [0.3, 0.4) is 0 Å². The van der Waals surface area contributed by atoms with Gasteiger partial charge in [0.1, 0.15) is 5.82 Å². The molecule has 2 aromatic carbocycles. The van der Waals surface area contributed by atoms with E-state index in [1.807, 2.05) is 24.3 Å². The molecule has 7 nitrogen and oxygen atoms in total. The first-order valence-electron chi connectivity index (χ1n) is 9.06. The number of benzene rings is 2. The number of ether oxygens (including phenoxy) is 2. The Morgan fingerprint density at radius 1 is 1.03 bits per heavy atom. The van der Waals surface area contributed by atoms with E-state index in [1.54, 1.807) is 50.6 Å². The summed E-state index contributed by atoms with van der Waals surface area (Å²) in [5.74, 6) is 1.65. The number of imidazole rings is 1. The molecule has 0 spiro atoms. The molecule has 152 valence electrons. The van der Waals surface area contributed by atoms with Crippen LogP contribution in [0.1, 0.15) is 11.1 Å². The third kappa shape index (κ3) is 5.04. The van der Waals surface area contributed by atoms with E-state index in [0.29, 0.717) is 36.2 Å². The van der Waals surface area contributed by atoms with Crippen molar-refractivity contribution in [3.05, 3.63) is 72.1 Å². The highest BCUT2D eigenvalue weighted by molar-refractivity contribution is 5.79. The number of guanidine groups is 1. The maximum absolute atomic E-state index is 14.4. The second-order valence-electron chi connectivity index (χ2n) is 6.22. The van der Waals surface area contributed by atoms with Gasteiger partial charge in [-0.05, 0) is 35.4 Å². The van der Waals surface area contributed by atoms with Crippen molar-refractivity contribution < 1.29 is 13.9 Å². The average Bonchev–Trinajstić information content (AvgIpc) is 3.28. The number of nitrogens with one attached hydrogen (secondary N) is 2. The Labute approximate surface area is 169 Å². The Morgan fingerprint density at radius 2 is 1.72 bits per heavy atom. The van der Waals surface area contributed by atoms with Crippen LogP contribution in [0.5, 0.6) is 11.5 Å². The molecule has 0 aliphatic carbocycles. The summed E-state index contributed by atoms with van der Waals surface area (Å²) in [6.07, 6.45) is 4.88. The number of hydrogen-bond donors (Lipinski definition) is 2. The summed E-state index contributed by atoms with van der Waals surface area (Å²) in [6.45, 7) is 0.987. The first-order chi connectivity index (χ1) is 14.1. The molecule has 0 amide bonds. The van der Waals surface area contributed by atoms with Gasteiger partial charge in [0.25, 0.3) is 0 Å². The summed E-state index contributed by atoms with van der Waals surface area (Å²) < 4.78 is 26.6. The van der Waals surface area contributed by atoms with E-state index in [4.69, 9.17) is 9.47 Å². The fourth-order valence-corrected chi connectivity index (χ4v) is 2.85. The Hall–Kier alpha value is -3.55. The lowest BCUT2D eigenvalue weighted by atomic mass is 10.2. The van der Waals surface area contributed by atoms with E-state index in [2.05, 4.69) is 20.6 Å². The zero-order chi connectivity index (χ0) is 20.6. The van der Waals surface area contributed by atoms with Crippen molar-refractivity contribution >= 4 is 5.96 Å². The summed E-state index contributed by atoms with van der Waals surface area (Å²) in [5.41, 5.74) is 2.28. The molecule has 8 heteroatoms.